The highest BCUT2D eigenvalue weighted by molar-refractivity contribution is 5.92. The second kappa shape index (κ2) is 7.15. The van der Waals surface area contributed by atoms with Gasteiger partial charge in [0.2, 0.25) is 0 Å². The Kier molecular flexibility index (Phi) is 4.56. The summed E-state index contributed by atoms with van der Waals surface area (Å²) in [6, 6.07) is 11.7. The largest absolute Gasteiger partial charge is 0.490 e. The molecule has 0 radical (unpaired) electrons. The minimum absolute atomic E-state index is 0.153. The SMILES string of the molecule is Cc1cc(C(=O)NC2CCC(Oc3ccc4ncccc4c3)CC2)no1. The number of ether oxygens (including phenoxy) is 1. The molecule has 1 aliphatic carbocycles. The van der Waals surface area contributed by atoms with Crippen molar-refractivity contribution < 1.29 is 14.1 Å². The Morgan fingerprint density at radius 1 is 1.19 bits per heavy atom. The van der Waals surface area contributed by atoms with Crippen molar-refractivity contribution in [3.8, 4) is 5.75 Å². The molecule has 6 nitrogen and oxygen atoms in total. The molecule has 1 saturated carbocycles. The molecule has 1 N–H and O–H groups in total. The van der Waals surface area contributed by atoms with Crippen molar-refractivity contribution in [2.45, 2.75) is 44.8 Å². The van der Waals surface area contributed by atoms with Crippen LogP contribution >= 0.6 is 0 Å². The molecule has 3 aromatic rings. The van der Waals surface area contributed by atoms with Crippen LogP contribution in [0.3, 0.4) is 0 Å². The van der Waals surface area contributed by atoms with Crippen molar-refractivity contribution >= 4 is 16.8 Å². The predicted octanol–water partition coefficient (Wildman–Crippen LogP) is 3.65. The van der Waals surface area contributed by atoms with Crippen LogP contribution in [-0.2, 0) is 0 Å². The van der Waals surface area contributed by atoms with Crippen molar-refractivity contribution in [3.63, 3.8) is 0 Å². The van der Waals surface area contributed by atoms with Crippen LogP contribution in [0.25, 0.3) is 10.9 Å². The number of carbonyl (C=O) groups excluding carboxylic acids is 1. The summed E-state index contributed by atoms with van der Waals surface area (Å²) in [5.41, 5.74) is 1.31. The number of hydrogen-bond acceptors (Lipinski definition) is 5. The van der Waals surface area contributed by atoms with Crippen molar-refractivity contribution in [2.24, 2.45) is 0 Å². The van der Waals surface area contributed by atoms with Crippen molar-refractivity contribution in [1.29, 1.82) is 0 Å². The highest BCUT2D eigenvalue weighted by Crippen LogP contribution is 2.26. The molecule has 4 rings (SSSR count). The normalized spacial score (nSPS) is 20.0. The molecule has 2 aromatic heterocycles. The Balaban J connectivity index is 1.31. The number of pyridine rings is 1. The summed E-state index contributed by atoms with van der Waals surface area (Å²) in [5, 5.41) is 7.87. The molecule has 0 spiro atoms. The van der Waals surface area contributed by atoms with Gasteiger partial charge < -0.3 is 14.6 Å². The zero-order valence-corrected chi connectivity index (χ0v) is 14.6. The van der Waals surface area contributed by atoms with Gasteiger partial charge in [0.05, 0.1) is 11.6 Å². The number of hydrogen-bond donors (Lipinski definition) is 1. The molecule has 26 heavy (non-hydrogen) atoms. The van der Waals surface area contributed by atoms with Gasteiger partial charge in [0.1, 0.15) is 11.5 Å². The maximum absolute atomic E-state index is 12.2. The molecule has 0 bridgehead atoms. The summed E-state index contributed by atoms with van der Waals surface area (Å²) >= 11 is 0. The van der Waals surface area contributed by atoms with Gasteiger partial charge in [-0.05, 0) is 56.9 Å². The fourth-order valence-electron chi connectivity index (χ4n) is 3.38. The second-order valence-electron chi connectivity index (χ2n) is 6.75. The van der Waals surface area contributed by atoms with Crippen molar-refractivity contribution in [3.05, 3.63) is 54.0 Å². The van der Waals surface area contributed by atoms with E-state index in [-0.39, 0.29) is 18.1 Å². The van der Waals surface area contributed by atoms with Gasteiger partial charge in [0.25, 0.3) is 5.91 Å². The highest BCUT2D eigenvalue weighted by Gasteiger charge is 2.24. The monoisotopic (exact) mass is 351 g/mol. The van der Waals surface area contributed by atoms with Gasteiger partial charge in [-0.15, -0.1) is 0 Å². The lowest BCUT2D eigenvalue weighted by atomic mass is 9.93. The van der Waals surface area contributed by atoms with Crippen LogP contribution in [0.15, 0.2) is 47.1 Å². The Bertz CT molecular complexity index is 913. The number of aryl methyl sites for hydroxylation is 1. The average molecular weight is 351 g/mol. The summed E-state index contributed by atoms with van der Waals surface area (Å²) in [4.78, 5) is 16.5. The predicted molar refractivity (Wildman–Crippen MR) is 97.1 cm³/mol. The van der Waals surface area contributed by atoms with Crippen LogP contribution in [-0.4, -0.2) is 28.2 Å². The number of aromatic nitrogens is 2. The number of nitrogens with zero attached hydrogens (tertiary/aromatic N) is 2. The Morgan fingerprint density at radius 2 is 2.04 bits per heavy atom. The van der Waals surface area contributed by atoms with Crippen LogP contribution in [0, 0.1) is 6.92 Å². The molecule has 6 heteroatoms. The third-order valence-electron chi connectivity index (χ3n) is 4.75. The van der Waals surface area contributed by atoms with Crippen LogP contribution < -0.4 is 10.1 Å². The molecular weight excluding hydrogens is 330 g/mol. The number of nitrogens with one attached hydrogen (secondary N) is 1. The summed E-state index contributed by atoms with van der Waals surface area (Å²) in [6.45, 7) is 1.77. The number of fused-ring (bicyclic) bond motifs is 1. The number of rotatable bonds is 4. The molecule has 0 aliphatic heterocycles. The van der Waals surface area contributed by atoms with E-state index in [1.54, 1.807) is 19.2 Å². The molecule has 0 saturated heterocycles. The molecule has 0 atom stereocenters. The van der Waals surface area contributed by atoms with E-state index in [4.69, 9.17) is 9.26 Å². The quantitative estimate of drug-likeness (QED) is 0.776. The number of amides is 1. The van der Waals surface area contributed by atoms with Gasteiger partial charge in [0, 0.05) is 23.7 Å². The summed E-state index contributed by atoms with van der Waals surface area (Å²) in [5.74, 6) is 1.34. The first-order valence-electron chi connectivity index (χ1n) is 8.93. The molecule has 1 fully saturated rings. The van der Waals surface area contributed by atoms with Crippen molar-refractivity contribution in [2.75, 3.05) is 0 Å². The Morgan fingerprint density at radius 3 is 2.81 bits per heavy atom. The van der Waals surface area contributed by atoms with Gasteiger partial charge in [-0.2, -0.15) is 0 Å². The molecular formula is C20H21N3O3. The fourth-order valence-corrected chi connectivity index (χ4v) is 3.38. The molecule has 1 aromatic carbocycles. The van der Waals surface area contributed by atoms with Gasteiger partial charge >= 0.3 is 0 Å². The first-order chi connectivity index (χ1) is 12.7. The summed E-state index contributed by atoms with van der Waals surface area (Å²) in [7, 11) is 0. The first-order valence-corrected chi connectivity index (χ1v) is 8.93. The van der Waals surface area contributed by atoms with E-state index in [1.165, 1.54) is 0 Å². The van der Waals surface area contributed by atoms with E-state index in [9.17, 15) is 4.79 Å². The van der Waals surface area contributed by atoms with E-state index in [0.29, 0.717) is 11.5 Å². The molecule has 0 unspecified atom stereocenters. The lowest BCUT2D eigenvalue weighted by molar-refractivity contribution is 0.0885. The molecule has 1 amide bonds. The summed E-state index contributed by atoms with van der Waals surface area (Å²) < 4.78 is 11.1. The first kappa shape index (κ1) is 16.6. The minimum atomic E-state index is -0.173. The Labute approximate surface area is 151 Å². The van der Waals surface area contributed by atoms with Crippen molar-refractivity contribution in [1.82, 2.24) is 15.5 Å². The third-order valence-corrected chi connectivity index (χ3v) is 4.75. The van der Waals surface area contributed by atoms with Gasteiger partial charge in [0.15, 0.2) is 5.69 Å². The second-order valence-corrected chi connectivity index (χ2v) is 6.75. The lowest BCUT2D eigenvalue weighted by Gasteiger charge is -2.29. The lowest BCUT2D eigenvalue weighted by Crippen LogP contribution is -2.39. The van der Waals surface area contributed by atoms with Crippen LogP contribution in [0.1, 0.15) is 41.9 Å². The van der Waals surface area contributed by atoms with Crippen LogP contribution in [0.4, 0.5) is 0 Å². The highest BCUT2D eigenvalue weighted by atomic mass is 16.5. The molecule has 1 aliphatic rings. The van der Waals surface area contributed by atoms with E-state index in [2.05, 4.69) is 15.5 Å². The zero-order valence-electron chi connectivity index (χ0n) is 14.6. The fraction of sp³-hybridized carbons (Fsp3) is 0.350. The maximum Gasteiger partial charge on any atom is 0.273 e. The number of benzene rings is 1. The Hall–Kier alpha value is -2.89. The molecule has 134 valence electrons. The van der Waals surface area contributed by atoms with Crippen LogP contribution in [0.2, 0.25) is 0 Å². The van der Waals surface area contributed by atoms with Gasteiger partial charge in [-0.25, -0.2) is 0 Å². The van der Waals surface area contributed by atoms with Crippen LogP contribution in [0.5, 0.6) is 5.75 Å². The smallest absolute Gasteiger partial charge is 0.273 e. The van der Waals surface area contributed by atoms with E-state index < -0.39 is 0 Å². The standard InChI is InChI=1S/C20H21N3O3/c1-13-11-19(23-26-13)20(24)22-15-4-6-16(7-5-15)25-17-8-9-18-14(12-17)3-2-10-21-18/h2-3,8-12,15-16H,4-7H2,1H3,(H,22,24). The maximum atomic E-state index is 12.2. The van der Waals surface area contributed by atoms with Gasteiger partial charge in [-0.3, -0.25) is 9.78 Å². The topological polar surface area (TPSA) is 77.2 Å². The summed E-state index contributed by atoms with van der Waals surface area (Å²) in [6.07, 6.45) is 5.57. The molecule has 2 heterocycles. The van der Waals surface area contributed by atoms with E-state index in [0.717, 1.165) is 42.3 Å². The zero-order chi connectivity index (χ0) is 17.9. The average Bonchev–Trinajstić information content (AvgIpc) is 3.10. The van der Waals surface area contributed by atoms with E-state index >= 15 is 0 Å². The third kappa shape index (κ3) is 3.69. The number of carbonyl (C=O) groups is 1. The van der Waals surface area contributed by atoms with Gasteiger partial charge in [-0.1, -0.05) is 11.2 Å². The minimum Gasteiger partial charge on any atom is -0.490 e. The van der Waals surface area contributed by atoms with E-state index in [1.807, 2.05) is 30.3 Å².